The van der Waals surface area contributed by atoms with Gasteiger partial charge in [-0.1, -0.05) is 34.8 Å². The van der Waals surface area contributed by atoms with Gasteiger partial charge in [-0.2, -0.15) is 0 Å². The Morgan fingerprint density at radius 3 is 2.57 bits per heavy atom. The Labute approximate surface area is 186 Å². The maximum atomic E-state index is 12.6. The Morgan fingerprint density at radius 2 is 1.77 bits per heavy atom. The van der Waals surface area contributed by atoms with E-state index >= 15 is 0 Å². The normalized spacial score (nSPS) is 16.5. The van der Waals surface area contributed by atoms with Crippen molar-refractivity contribution in [3.05, 3.63) is 74.6 Å². The van der Waals surface area contributed by atoms with Crippen molar-refractivity contribution in [3.8, 4) is 0 Å². The predicted octanol–water partition coefficient (Wildman–Crippen LogP) is 5.88. The summed E-state index contributed by atoms with van der Waals surface area (Å²) in [6.45, 7) is 0.542. The standard InChI is InChI=1S/C22H16Cl3N3O2/c1-30-22(29)21-20(14-8-26-18-3-2-10(23)4-11(14)18)15(9-28-21)13-7-27-19-6-17(25)16(24)5-12(13)19/h2-8,15,26-28H,9H2,1H3. The largest absolute Gasteiger partial charge is 0.464 e. The second-order valence-corrected chi connectivity index (χ2v) is 8.41. The molecule has 0 amide bonds. The molecule has 1 atom stereocenters. The molecule has 0 radical (unpaired) electrons. The molecule has 0 saturated heterocycles. The summed E-state index contributed by atoms with van der Waals surface area (Å²) in [5, 5.41) is 6.72. The molecule has 0 aliphatic carbocycles. The molecule has 0 saturated carbocycles. The van der Waals surface area contributed by atoms with Gasteiger partial charge in [0.05, 0.1) is 17.2 Å². The number of H-pyrrole nitrogens is 2. The molecule has 30 heavy (non-hydrogen) atoms. The third-order valence-electron chi connectivity index (χ3n) is 5.55. The van der Waals surface area contributed by atoms with E-state index in [-0.39, 0.29) is 5.92 Å². The summed E-state index contributed by atoms with van der Waals surface area (Å²) >= 11 is 18.7. The number of carbonyl (C=O) groups is 1. The van der Waals surface area contributed by atoms with Crippen LogP contribution in [-0.2, 0) is 9.53 Å². The number of fused-ring (bicyclic) bond motifs is 2. The molecule has 1 aliphatic rings. The lowest BCUT2D eigenvalue weighted by Crippen LogP contribution is -2.18. The van der Waals surface area contributed by atoms with Crippen molar-refractivity contribution in [2.75, 3.05) is 13.7 Å². The average Bonchev–Trinajstić information content (AvgIpc) is 3.43. The number of esters is 1. The number of benzene rings is 2. The summed E-state index contributed by atoms with van der Waals surface area (Å²) < 4.78 is 5.04. The van der Waals surface area contributed by atoms with Crippen LogP contribution in [0.25, 0.3) is 27.4 Å². The van der Waals surface area contributed by atoms with E-state index < -0.39 is 5.97 Å². The number of hydrogen-bond acceptors (Lipinski definition) is 3. The van der Waals surface area contributed by atoms with Gasteiger partial charge in [-0.15, -0.1) is 0 Å². The molecule has 0 fully saturated rings. The van der Waals surface area contributed by atoms with Crippen molar-refractivity contribution in [1.29, 1.82) is 0 Å². The zero-order chi connectivity index (χ0) is 21.0. The van der Waals surface area contributed by atoms with Gasteiger partial charge in [-0.25, -0.2) is 4.79 Å². The van der Waals surface area contributed by atoms with Gasteiger partial charge in [-0.3, -0.25) is 0 Å². The van der Waals surface area contributed by atoms with Crippen LogP contribution < -0.4 is 5.32 Å². The Kier molecular flexibility index (Phi) is 4.69. The number of rotatable bonds is 3. The zero-order valence-corrected chi connectivity index (χ0v) is 18.0. The maximum Gasteiger partial charge on any atom is 0.354 e. The van der Waals surface area contributed by atoms with Crippen LogP contribution in [-0.4, -0.2) is 29.6 Å². The Morgan fingerprint density at radius 1 is 1.00 bits per heavy atom. The Bertz CT molecular complexity index is 1350. The molecule has 5 nitrogen and oxygen atoms in total. The highest BCUT2D eigenvalue weighted by Crippen LogP contribution is 2.44. The van der Waals surface area contributed by atoms with Crippen molar-refractivity contribution in [2.24, 2.45) is 0 Å². The Balaban J connectivity index is 1.75. The van der Waals surface area contributed by atoms with Crippen molar-refractivity contribution < 1.29 is 9.53 Å². The number of carbonyl (C=O) groups excluding carboxylic acids is 1. The molecular weight excluding hydrogens is 445 g/mol. The number of halogens is 3. The average molecular weight is 461 g/mol. The maximum absolute atomic E-state index is 12.6. The smallest absolute Gasteiger partial charge is 0.354 e. The fourth-order valence-electron chi connectivity index (χ4n) is 4.19. The van der Waals surface area contributed by atoms with Crippen molar-refractivity contribution in [2.45, 2.75) is 5.92 Å². The van der Waals surface area contributed by atoms with E-state index in [9.17, 15) is 4.79 Å². The van der Waals surface area contributed by atoms with E-state index in [1.54, 1.807) is 6.07 Å². The van der Waals surface area contributed by atoms with E-state index in [2.05, 4.69) is 15.3 Å². The summed E-state index contributed by atoms with van der Waals surface area (Å²) in [4.78, 5) is 19.1. The molecule has 2 aromatic heterocycles. The van der Waals surface area contributed by atoms with E-state index in [1.165, 1.54) is 7.11 Å². The number of ether oxygens (including phenoxy) is 1. The lowest BCUT2D eigenvalue weighted by molar-refractivity contribution is -0.136. The zero-order valence-electron chi connectivity index (χ0n) is 15.8. The van der Waals surface area contributed by atoms with Crippen LogP contribution in [0.5, 0.6) is 0 Å². The topological polar surface area (TPSA) is 69.9 Å². The van der Waals surface area contributed by atoms with Crippen LogP contribution in [0.15, 0.2) is 48.4 Å². The van der Waals surface area contributed by atoms with Gasteiger partial charge in [0.2, 0.25) is 0 Å². The van der Waals surface area contributed by atoms with Gasteiger partial charge in [-0.05, 0) is 35.9 Å². The summed E-state index contributed by atoms with van der Waals surface area (Å²) in [7, 11) is 1.38. The number of methoxy groups -OCH3 is 1. The van der Waals surface area contributed by atoms with Crippen molar-refractivity contribution in [1.82, 2.24) is 15.3 Å². The highest BCUT2D eigenvalue weighted by Gasteiger charge is 2.34. The minimum atomic E-state index is -0.412. The van der Waals surface area contributed by atoms with E-state index in [0.29, 0.717) is 27.3 Å². The number of hydrogen-bond donors (Lipinski definition) is 3. The van der Waals surface area contributed by atoms with Crippen LogP contribution in [0, 0.1) is 0 Å². The minimum Gasteiger partial charge on any atom is -0.464 e. The summed E-state index contributed by atoms with van der Waals surface area (Å²) in [6, 6.07) is 9.30. The predicted molar refractivity (Wildman–Crippen MR) is 121 cm³/mol. The van der Waals surface area contributed by atoms with Crippen LogP contribution in [0.2, 0.25) is 15.1 Å². The van der Waals surface area contributed by atoms with Gasteiger partial charge in [0, 0.05) is 62.8 Å². The monoisotopic (exact) mass is 459 g/mol. The molecule has 3 N–H and O–H groups in total. The van der Waals surface area contributed by atoms with Crippen LogP contribution >= 0.6 is 34.8 Å². The number of aromatic nitrogens is 2. The van der Waals surface area contributed by atoms with Gasteiger partial charge in [0.1, 0.15) is 5.70 Å². The van der Waals surface area contributed by atoms with Crippen LogP contribution in [0.1, 0.15) is 17.0 Å². The molecule has 5 rings (SSSR count). The molecule has 0 bridgehead atoms. The molecule has 152 valence electrons. The highest BCUT2D eigenvalue weighted by molar-refractivity contribution is 6.42. The van der Waals surface area contributed by atoms with Gasteiger partial charge in [0.25, 0.3) is 0 Å². The highest BCUT2D eigenvalue weighted by atomic mass is 35.5. The first-order valence-electron chi connectivity index (χ1n) is 9.27. The van der Waals surface area contributed by atoms with Crippen molar-refractivity contribution >= 4 is 68.2 Å². The van der Waals surface area contributed by atoms with Gasteiger partial charge < -0.3 is 20.0 Å². The number of aromatic amines is 2. The third-order valence-corrected chi connectivity index (χ3v) is 6.51. The van der Waals surface area contributed by atoms with Gasteiger partial charge in [0.15, 0.2) is 0 Å². The quantitative estimate of drug-likeness (QED) is 0.334. The molecule has 1 unspecified atom stereocenters. The lowest BCUT2D eigenvalue weighted by atomic mass is 9.87. The van der Waals surface area contributed by atoms with E-state index in [0.717, 1.165) is 38.5 Å². The fraction of sp³-hybridized carbons (Fsp3) is 0.136. The molecule has 0 spiro atoms. The first-order chi connectivity index (χ1) is 14.5. The second-order valence-electron chi connectivity index (χ2n) is 7.16. The van der Waals surface area contributed by atoms with E-state index in [4.69, 9.17) is 39.5 Å². The van der Waals surface area contributed by atoms with E-state index in [1.807, 2.05) is 36.7 Å². The second kappa shape index (κ2) is 7.27. The minimum absolute atomic E-state index is 0.108. The molecular formula is C22H16Cl3N3O2. The molecule has 2 aromatic carbocycles. The third kappa shape index (κ3) is 2.97. The first-order valence-corrected chi connectivity index (χ1v) is 10.4. The molecule has 1 aliphatic heterocycles. The SMILES string of the molecule is COC(=O)C1=C(c2c[nH]c3ccc(Cl)cc23)C(c2c[nH]c3cc(Cl)c(Cl)cc23)CN1. The number of nitrogens with one attached hydrogen (secondary N) is 3. The fourth-order valence-corrected chi connectivity index (χ4v) is 4.69. The molecule has 3 heterocycles. The van der Waals surface area contributed by atoms with Crippen molar-refractivity contribution in [3.63, 3.8) is 0 Å². The lowest BCUT2D eigenvalue weighted by Gasteiger charge is -2.14. The summed E-state index contributed by atoms with van der Waals surface area (Å²) in [5.41, 5.74) is 5.02. The summed E-state index contributed by atoms with van der Waals surface area (Å²) in [5.74, 6) is -0.520. The first kappa shape index (κ1) is 19.4. The molecule has 4 aromatic rings. The summed E-state index contributed by atoms with van der Waals surface area (Å²) in [6.07, 6.45) is 3.84. The Hall–Kier alpha value is -2.60. The van der Waals surface area contributed by atoms with Gasteiger partial charge >= 0.3 is 5.97 Å². The van der Waals surface area contributed by atoms with Crippen LogP contribution in [0.3, 0.4) is 0 Å². The molecule has 8 heteroatoms. The van der Waals surface area contributed by atoms with Crippen LogP contribution in [0.4, 0.5) is 0 Å².